The van der Waals surface area contributed by atoms with Gasteiger partial charge in [-0.3, -0.25) is 9.69 Å². The van der Waals surface area contributed by atoms with Crippen LogP contribution >= 0.6 is 0 Å². The van der Waals surface area contributed by atoms with Crippen LogP contribution in [0.2, 0.25) is 0 Å². The summed E-state index contributed by atoms with van der Waals surface area (Å²) in [6.07, 6.45) is 0.616. The Kier molecular flexibility index (Phi) is 3.90. The number of hydrogen-bond donors (Lipinski definition) is 2. The summed E-state index contributed by atoms with van der Waals surface area (Å²) in [5.41, 5.74) is 1.23. The van der Waals surface area contributed by atoms with E-state index in [-0.39, 0.29) is 11.1 Å². The first-order valence-corrected chi connectivity index (χ1v) is 7.21. The molecular weight excluding hydrogens is 270 g/mol. The van der Waals surface area contributed by atoms with Crippen molar-refractivity contribution in [3.63, 3.8) is 0 Å². The van der Waals surface area contributed by atoms with Gasteiger partial charge in [0.15, 0.2) is 6.29 Å². The Morgan fingerprint density at radius 1 is 1.33 bits per heavy atom. The number of aromatic carboxylic acids is 1. The van der Waals surface area contributed by atoms with Crippen molar-refractivity contribution >= 4 is 17.9 Å². The summed E-state index contributed by atoms with van der Waals surface area (Å²) in [5, 5.41) is 12.5. The van der Waals surface area contributed by atoms with Crippen LogP contribution in [0.1, 0.15) is 20.7 Å². The predicted octanol–water partition coefficient (Wildman–Crippen LogP) is 0.291. The van der Waals surface area contributed by atoms with Gasteiger partial charge in [-0.15, -0.1) is 0 Å². The quantitative estimate of drug-likeness (QED) is 0.779. The number of carbonyl (C=O) groups is 2. The van der Waals surface area contributed by atoms with Crippen LogP contribution in [0.5, 0.6) is 0 Å². The van der Waals surface area contributed by atoms with Crippen molar-refractivity contribution in [2.75, 3.05) is 44.2 Å². The molecule has 0 radical (unpaired) electrons. The normalized spacial score (nSPS) is 22.7. The number of carbonyl (C=O) groups excluding carboxylic acids is 1. The third-order valence-corrected chi connectivity index (χ3v) is 4.32. The average molecular weight is 289 g/mol. The fourth-order valence-electron chi connectivity index (χ4n) is 3.15. The summed E-state index contributed by atoms with van der Waals surface area (Å²) in [7, 11) is 0. The Hall–Kier alpha value is -1.92. The topological polar surface area (TPSA) is 72.9 Å². The van der Waals surface area contributed by atoms with Gasteiger partial charge >= 0.3 is 5.97 Å². The number of fused-ring (bicyclic) bond motifs is 1. The molecule has 2 saturated heterocycles. The smallest absolute Gasteiger partial charge is 0.336 e. The van der Waals surface area contributed by atoms with Crippen LogP contribution in [0.15, 0.2) is 18.2 Å². The highest BCUT2D eigenvalue weighted by Crippen LogP contribution is 2.22. The minimum Gasteiger partial charge on any atom is -0.478 e. The highest BCUT2D eigenvalue weighted by atomic mass is 16.4. The van der Waals surface area contributed by atoms with Crippen molar-refractivity contribution < 1.29 is 14.7 Å². The Bertz CT molecular complexity index is 561. The lowest BCUT2D eigenvalue weighted by Crippen LogP contribution is -2.61. The highest BCUT2D eigenvalue weighted by Gasteiger charge is 2.29. The maximum atomic E-state index is 11.1. The number of hydrogen-bond acceptors (Lipinski definition) is 5. The van der Waals surface area contributed by atoms with Crippen molar-refractivity contribution in [1.29, 1.82) is 0 Å². The number of aldehydes is 1. The molecule has 2 N–H and O–H groups in total. The number of carboxylic acids is 1. The summed E-state index contributed by atoms with van der Waals surface area (Å²) in [4.78, 5) is 26.9. The standard InChI is InChI=1S/C15H19N3O3/c19-10-11-7-12(1-2-14(11)15(20)21)18-6-5-17-4-3-16-8-13(17)9-18/h1-2,7,10,13,16H,3-6,8-9H2,(H,20,21). The molecule has 21 heavy (non-hydrogen) atoms. The third kappa shape index (κ3) is 2.77. The van der Waals surface area contributed by atoms with Gasteiger partial charge in [0, 0.05) is 56.6 Å². The lowest BCUT2D eigenvalue weighted by atomic mass is 10.0. The van der Waals surface area contributed by atoms with Crippen LogP contribution in [0.25, 0.3) is 0 Å². The summed E-state index contributed by atoms with van der Waals surface area (Å²) >= 11 is 0. The lowest BCUT2D eigenvalue weighted by molar-refractivity contribution is 0.0694. The second-order valence-electron chi connectivity index (χ2n) is 5.53. The van der Waals surface area contributed by atoms with Crippen molar-refractivity contribution in [3.8, 4) is 0 Å². The first kappa shape index (κ1) is 14.0. The molecule has 6 heteroatoms. The number of piperazine rings is 2. The van der Waals surface area contributed by atoms with E-state index in [0.717, 1.165) is 45.0 Å². The number of carboxylic acid groups (broad SMARTS) is 1. The van der Waals surface area contributed by atoms with E-state index in [1.54, 1.807) is 12.1 Å². The zero-order valence-corrected chi connectivity index (χ0v) is 11.8. The van der Waals surface area contributed by atoms with Crippen LogP contribution < -0.4 is 10.2 Å². The molecule has 0 saturated carbocycles. The summed E-state index contributed by atoms with van der Waals surface area (Å²) in [6.45, 7) is 5.90. The fraction of sp³-hybridized carbons (Fsp3) is 0.467. The van der Waals surface area contributed by atoms with E-state index in [1.165, 1.54) is 6.07 Å². The molecule has 0 aliphatic carbocycles. The highest BCUT2D eigenvalue weighted by molar-refractivity contribution is 5.98. The number of rotatable bonds is 3. The molecule has 1 aromatic rings. The lowest BCUT2D eigenvalue weighted by Gasteiger charge is -2.45. The summed E-state index contributed by atoms with van der Waals surface area (Å²) < 4.78 is 0. The van der Waals surface area contributed by atoms with Crippen LogP contribution in [-0.2, 0) is 0 Å². The van der Waals surface area contributed by atoms with Gasteiger partial charge in [-0.25, -0.2) is 4.79 Å². The molecule has 112 valence electrons. The summed E-state index contributed by atoms with van der Waals surface area (Å²) in [6, 6.07) is 5.48. The predicted molar refractivity (Wildman–Crippen MR) is 79.2 cm³/mol. The molecule has 6 nitrogen and oxygen atoms in total. The Balaban J connectivity index is 1.80. The molecule has 3 rings (SSSR count). The first-order chi connectivity index (χ1) is 10.2. The number of nitrogens with one attached hydrogen (secondary N) is 1. The maximum absolute atomic E-state index is 11.1. The van der Waals surface area contributed by atoms with Crippen molar-refractivity contribution in [1.82, 2.24) is 10.2 Å². The molecule has 2 fully saturated rings. The molecule has 2 heterocycles. The molecule has 2 aliphatic heterocycles. The Morgan fingerprint density at radius 2 is 2.19 bits per heavy atom. The third-order valence-electron chi connectivity index (χ3n) is 4.32. The van der Waals surface area contributed by atoms with Gasteiger partial charge in [0.25, 0.3) is 0 Å². The largest absolute Gasteiger partial charge is 0.478 e. The van der Waals surface area contributed by atoms with E-state index in [2.05, 4.69) is 15.1 Å². The van der Waals surface area contributed by atoms with E-state index in [4.69, 9.17) is 5.11 Å². The van der Waals surface area contributed by atoms with E-state index < -0.39 is 5.97 Å². The van der Waals surface area contributed by atoms with Gasteiger partial charge in [-0.1, -0.05) is 0 Å². The van der Waals surface area contributed by atoms with Gasteiger partial charge in [-0.05, 0) is 18.2 Å². The van der Waals surface area contributed by atoms with E-state index in [1.807, 2.05) is 0 Å². The van der Waals surface area contributed by atoms with E-state index in [0.29, 0.717) is 12.3 Å². The first-order valence-electron chi connectivity index (χ1n) is 7.21. The van der Waals surface area contributed by atoms with Gasteiger partial charge < -0.3 is 15.3 Å². The monoisotopic (exact) mass is 289 g/mol. The molecule has 0 amide bonds. The molecule has 0 spiro atoms. The molecule has 1 aromatic carbocycles. The van der Waals surface area contributed by atoms with Gasteiger partial charge in [0.05, 0.1) is 5.56 Å². The zero-order chi connectivity index (χ0) is 14.8. The van der Waals surface area contributed by atoms with Gasteiger partial charge in [-0.2, -0.15) is 0 Å². The second-order valence-corrected chi connectivity index (χ2v) is 5.53. The average Bonchev–Trinajstić information content (AvgIpc) is 2.53. The van der Waals surface area contributed by atoms with Crippen molar-refractivity contribution in [2.45, 2.75) is 6.04 Å². The van der Waals surface area contributed by atoms with Crippen molar-refractivity contribution in [3.05, 3.63) is 29.3 Å². The zero-order valence-electron chi connectivity index (χ0n) is 11.8. The van der Waals surface area contributed by atoms with Crippen LogP contribution in [0.3, 0.4) is 0 Å². The molecule has 1 atom stereocenters. The minimum atomic E-state index is -1.06. The number of benzene rings is 1. The molecule has 1 unspecified atom stereocenters. The van der Waals surface area contributed by atoms with E-state index in [9.17, 15) is 9.59 Å². The molecule has 0 aromatic heterocycles. The van der Waals surface area contributed by atoms with E-state index >= 15 is 0 Å². The van der Waals surface area contributed by atoms with Gasteiger partial charge in [0.1, 0.15) is 0 Å². The van der Waals surface area contributed by atoms with Crippen LogP contribution in [0, 0.1) is 0 Å². The van der Waals surface area contributed by atoms with Crippen LogP contribution in [-0.4, -0.2) is 67.6 Å². The molecule has 2 aliphatic rings. The minimum absolute atomic E-state index is 0.0618. The second kappa shape index (κ2) is 5.83. The van der Waals surface area contributed by atoms with Gasteiger partial charge in [0.2, 0.25) is 0 Å². The fourth-order valence-corrected chi connectivity index (χ4v) is 3.15. The maximum Gasteiger partial charge on any atom is 0.336 e. The SMILES string of the molecule is O=Cc1cc(N2CCN3CCNCC3C2)ccc1C(=O)O. The Labute approximate surface area is 123 Å². The summed E-state index contributed by atoms with van der Waals surface area (Å²) in [5.74, 6) is -1.06. The molecule has 0 bridgehead atoms. The Morgan fingerprint density at radius 3 is 2.95 bits per heavy atom. The number of nitrogens with zero attached hydrogens (tertiary/aromatic N) is 2. The van der Waals surface area contributed by atoms with Crippen molar-refractivity contribution in [2.24, 2.45) is 0 Å². The molecular formula is C15H19N3O3. The van der Waals surface area contributed by atoms with Crippen LogP contribution in [0.4, 0.5) is 5.69 Å². The number of anilines is 1.